The second-order valence-electron chi connectivity index (χ2n) is 5.57. The standard InChI is InChI=1S/C17H15ClN4S/c18-16-2-1-14(23-16)11-22-8-5-15-13(10-22)9-20-17(21-15)12-3-6-19-7-4-12/h1-4,6-7,9H,5,8,10-11H2. The number of nitrogens with zero attached hydrogens (tertiary/aromatic N) is 4. The molecule has 3 aromatic heterocycles. The normalized spacial score (nSPS) is 14.7. The van der Waals surface area contributed by atoms with E-state index in [2.05, 4.69) is 20.9 Å². The number of fused-ring (bicyclic) bond motifs is 1. The molecule has 0 N–H and O–H groups in total. The van der Waals surface area contributed by atoms with Gasteiger partial charge in [0.25, 0.3) is 0 Å². The van der Waals surface area contributed by atoms with Gasteiger partial charge in [-0.3, -0.25) is 9.88 Å². The van der Waals surface area contributed by atoms with Crippen LogP contribution in [0.25, 0.3) is 11.4 Å². The Hall–Kier alpha value is -1.82. The number of halogens is 1. The van der Waals surface area contributed by atoms with Crippen molar-refractivity contribution < 1.29 is 0 Å². The Kier molecular flexibility index (Phi) is 4.08. The van der Waals surface area contributed by atoms with E-state index in [-0.39, 0.29) is 0 Å². The van der Waals surface area contributed by atoms with Crippen LogP contribution >= 0.6 is 22.9 Å². The summed E-state index contributed by atoms with van der Waals surface area (Å²) in [7, 11) is 0. The molecule has 4 rings (SSSR count). The summed E-state index contributed by atoms with van der Waals surface area (Å²) in [4.78, 5) is 17.0. The monoisotopic (exact) mass is 342 g/mol. The minimum atomic E-state index is 0.782. The smallest absolute Gasteiger partial charge is 0.159 e. The summed E-state index contributed by atoms with van der Waals surface area (Å²) in [6, 6.07) is 7.95. The molecule has 0 radical (unpaired) electrons. The van der Waals surface area contributed by atoms with Crippen LogP contribution in [0.5, 0.6) is 0 Å². The summed E-state index contributed by atoms with van der Waals surface area (Å²) in [6.07, 6.45) is 6.46. The summed E-state index contributed by atoms with van der Waals surface area (Å²) < 4.78 is 0.850. The Balaban J connectivity index is 1.52. The van der Waals surface area contributed by atoms with Gasteiger partial charge in [0.05, 0.1) is 10.0 Å². The van der Waals surface area contributed by atoms with Gasteiger partial charge in [-0.15, -0.1) is 11.3 Å². The SMILES string of the molecule is Clc1ccc(CN2CCc3nc(-c4ccncc4)ncc3C2)s1. The molecule has 3 aromatic rings. The van der Waals surface area contributed by atoms with Gasteiger partial charge in [-0.05, 0) is 24.3 Å². The predicted molar refractivity (Wildman–Crippen MR) is 92.4 cm³/mol. The fraction of sp³-hybridized carbons (Fsp3) is 0.235. The Bertz CT molecular complexity index is 818. The van der Waals surface area contributed by atoms with Gasteiger partial charge < -0.3 is 0 Å². The Labute approximate surface area is 143 Å². The molecule has 116 valence electrons. The van der Waals surface area contributed by atoms with Crippen LogP contribution in [0.4, 0.5) is 0 Å². The summed E-state index contributed by atoms with van der Waals surface area (Å²) in [5, 5.41) is 0. The van der Waals surface area contributed by atoms with Crippen LogP contribution in [0.2, 0.25) is 4.34 Å². The van der Waals surface area contributed by atoms with Crippen LogP contribution < -0.4 is 0 Å². The molecular formula is C17H15ClN4S. The third kappa shape index (κ3) is 3.27. The summed E-state index contributed by atoms with van der Waals surface area (Å²) in [5.41, 5.74) is 3.39. The quantitative estimate of drug-likeness (QED) is 0.725. The number of hydrogen-bond donors (Lipinski definition) is 0. The fourth-order valence-electron chi connectivity index (χ4n) is 2.81. The number of thiophene rings is 1. The Morgan fingerprint density at radius 1 is 1.17 bits per heavy atom. The molecule has 6 heteroatoms. The molecule has 0 aromatic carbocycles. The van der Waals surface area contributed by atoms with Crippen molar-refractivity contribution in [1.29, 1.82) is 0 Å². The molecule has 0 aliphatic carbocycles. The minimum Gasteiger partial charge on any atom is -0.293 e. The van der Waals surface area contributed by atoms with Gasteiger partial charge in [0.2, 0.25) is 0 Å². The molecule has 0 atom stereocenters. The third-order valence-electron chi connectivity index (χ3n) is 3.96. The van der Waals surface area contributed by atoms with Crippen LogP contribution in [-0.2, 0) is 19.5 Å². The summed E-state index contributed by atoms with van der Waals surface area (Å²) >= 11 is 7.66. The highest BCUT2D eigenvalue weighted by Gasteiger charge is 2.19. The average molecular weight is 343 g/mol. The Morgan fingerprint density at radius 3 is 2.83 bits per heavy atom. The van der Waals surface area contributed by atoms with E-state index in [9.17, 15) is 0 Å². The first-order valence-electron chi connectivity index (χ1n) is 7.50. The summed E-state index contributed by atoms with van der Waals surface area (Å²) in [5.74, 6) is 0.782. The van der Waals surface area contributed by atoms with Crippen molar-refractivity contribution >= 4 is 22.9 Å². The lowest BCUT2D eigenvalue weighted by molar-refractivity contribution is 0.245. The lowest BCUT2D eigenvalue weighted by Crippen LogP contribution is -2.30. The maximum atomic E-state index is 6.01. The number of hydrogen-bond acceptors (Lipinski definition) is 5. The molecule has 1 aliphatic heterocycles. The minimum absolute atomic E-state index is 0.782. The van der Waals surface area contributed by atoms with E-state index in [0.717, 1.165) is 47.5 Å². The zero-order valence-electron chi connectivity index (χ0n) is 12.4. The fourth-order valence-corrected chi connectivity index (χ4v) is 3.94. The second-order valence-corrected chi connectivity index (χ2v) is 7.37. The van der Waals surface area contributed by atoms with E-state index in [0.29, 0.717) is 0 Å². The van der Waals surface area contributed by atoms with E-state index in [1.54, 1.807) is 23.7 Å². The maximum Gasteiger partial charge on any atom is 0.159 e. The van der Waals surface area contributed by atoms with Crippen LogP contribution in [0, 0.1) is 0 Å². The van der Waals surface area contributed by atoms with E-state index < -0.39 is 0 Å². The van der Waals surface area contributed by atoms with Gasteiger partial charge in [-0.2, -0.15) is 0 Å². The van der Waals surface area contributed by atoms with Crippen molar-refractivity contribution in [3.63, 3.8) is 0 Å². The second kappa shape index (κ2) is 6.35. The first-order valence-corrected chi connectivity index (χ1v) is 8.69. The molecule has 23 heavy (non-hydrogen) atoms. The van der Waals surface area contributed by atoms with E-state index in [1.807, 2.05) is 24.4 Å². The molecule has 0 saturated heterocycles. The number of pyridine rings is 1. The predicted octanol–water partition coefficient (Wildman–Crippen LogP) is 3.81. The van der Waals surface area contributed by atoms with E-state index in [4.69, 9.17) is 16.6 Å². The molecule has 4 heterocycles. The Morgan fingerprint density at radius 2 is 2.04 bits per heavy atom. The van der Waals surface area contributed by atoms with Gasteiger partial charge in [-0.25, -0.2) is 9.97 Å². The highest BCUT2D eigenvalue weighted by Crippen LogP contribution is 2.26. The van der Waals surface area contributed by atoms with E-state index >= 15 is 0 Å². The van der Waals surface area contributed by atoms with Crippen molar-refractivity contribution in [1.82, 2.24) is 19.9 Å². The maximum absolute atomic E-state index is 6.01. The van der Waals surface area contributed by atoms with Gasteiger partial charge in [0.15, 0.2) is 5.82 Å². The average Bonchev–Trinajstić information content (AvgIpc) is 3.00. The topological polar surface area (TPSA) is 41.9 Å². The van der Waals surface area contributed by atoms with Gasteiger partial charge >= 0.3 is 0 Å². The molecular weight excluding hydrogens is 328 g/mol. The van der Waals surface area contributed by atoms with Crippen LogP contribution in [0.3, 0.4) is 0 Å². The zero-order valence-corrected chi connectivity index (χ0v) is 14.0. The van der Waals surface area contributed by atoms with Crippen molar-refractivity contribution in [2.75, 3.05) is 6.54 Å². The first-order chi connectivity index (χ1) is 11.3. The zero-order chi connectivity index (χ0) is 15.6. The molecule has 0 fully saturated rings. The third-order valence-corrected chi connectivity index (χ3v) is 5.18. The molecule has 0 bridgehead atoms. The summed E-state index contributed by atoms with van der Waals surface area (Å²) in [6.45, 7) is 2.83. The molecule has 0 amide bonds. The highest BCUT2D eigenvalue weighted by atomic mass is 35.5. The van der Waals surface area contributed by atoms with Crippen molar-refractivity contribution in [2.45, 2.75) is 19.5 Å². The molecule has 0 spiro atoms. The lowest BCUT2D eigenvalue weighted by Gasteiger charge is -2.27. The van der Waals surface area contributed by atoms with Crippen molar-refractivity contribution in [3.8, 4) is 11.4 Å². The molecule has 0 unspecified atom stereocenters. The van der Waals surface area contributed by atoms with Gasteiger partial charge in [0.1, 0.15) is 0 Å². The number of rotatable bonds is 3. The largest absolute Gasteiger partial charge is 0.293 e. The van der Waals surface area contributed by atoms with Crippen LogP contribution in [0.1, 0.15) is 16.1 Å². The molecule has 1 aliphatic rings. The first kappa shape index (κ1) is 14.8. The number of aromatic nitrogens is 3. The van der Waals surface area contributed by atoms with Gasteiger partial charge in [-0.1, -0.05) is 11.6 Å². The van der Waals surface area contributed by atoms with Crippen LogP contribution in [-0.4, -0.2) is 26.4 Å². The van der Waals surface area contributed by atoms with Crippen molar-refractivity contribution in [2.24, 2.45) is 0 Å². The van der Waals surface area contributed by atoms with Gasteiger partial charge in [0, 0.05) is 60.6 Å². The van der Waals surface area contributed by atoms with Crippen LogP contribution in [0.15, 0.2) is 42.9 Å². The van der Waals surface area contributed by atoms with Crippen molar-refractivity contribution in [3.05, 3.63) is 63.3 Å². The highest BCUT2D eigenvalue weighted by molar-refractivity contribution is 7.16. The molecule has 4 nitrogen and oxygen atoms in total. The molecule has 0 saturated carbocycles. The van der Waals surface area contributed by atoms with E-state index in [1.165, 1.54) is 10.4 Å². The lowest BCUT2D eigenvalue weighted by atomic mass is 10.1.